The van der Waals surface area contributed by atoms with Crippen LogP contribution in [0.25, 0.3) is 10.8 Å². The molecule has 0 aliphatic heterocycles. The Morgan fingerprint density at radius 3 is 2.52 bits per heavy atom. The fourth-order valence-corrected chi connectivity index (χ4v) is 2.25. The summed E-state index contributed by atoms with van der Waals surface area (Å²) in [6.45, 7) is 2.15. The van der Waals surface area contributed by atoms with Crippen LogP contribution in [0.4, 0.5) is 0 Å². The first kappa shape index (κ1) is 18.9. The number of nitrogens with one attached hydrogen (secondary N) is 2. The number of benzene rings is 2. The predicted octanol–water partition coefficient (Wildman–Crippen LogP) is 1.38. The molecule has 2 aromatic carbocycles. The van der Waals surface area contributed by atoms with Gasteiger partial charge in [-0.05, 0) is 23.3 Å². The van der Waals surface area contributed by atoms with Gasteiger partial charge in [0.05, 0.1) is 13.0 Å². The molecule has 0 saturated carbocycles. The number of halogens is 1. The van der Waals surface area contributed by atoms with E-state index in [0.717, 1.165) is 16.3 Å². The van der Waals surface area contributed by atoms with Crippen LogP contribution in [0.1, 0.15) is 12.5 Å². The maximum atomic E-state index is 12.0. The highest BCUT2D eigenvalue weighted by Gasteiger charge is 2.10. The van der Waals surface area contributed by atoms with Crippen LogP contribution in [0.3, 0.4) is 0 Å². The van der Waals surface area contributed by atoms with E-state index >= 15 is 0 Å². The third kappa shape index (κ3) is 5.54. The van der Waals surface area contributed by atoms with Crippen molar-refractivity contribution < 1.29 is 9.59 Å². The highest BCUT2D eigenvalue weighted by atomic mass is 35.5. The highest BCUT2D eigenvalue weighted by Crippen LogP contribution is 2.18. The number of hydrogen-bond acceptors (Lipinski definition) is 3. The van der Waals surface area contributed by atoms with Gasteiger partial charge in [0.1, 0.15) is 0 Å². The van der Waals surface area contributed by atoms with Crippen LogP contribution in [0.15, 0.2) is 42.5 Å². The number of nitrogens with two attached hydrogens (primary N) is 1. The average molecular weight is 336 g/mol. The Kier molecular flexibility index (Phi) is 7.51. The molecule has 4 N–H and O–H groups in total. The molecule has 124 valence electrons. The molecule has 2 rings (SSSR count). The molecule has 0 radical (unpaired) electrons. The lowest BCUT2D eigenvalue weighted by molar-refractivity contribution is -0.126. The summed E-state index contributed by atoms with van der Waals surface area (Å²) in [7, 11) is 0. The van der Waals surface area contributed by atoms with Crippen molar-refractivity contribution in [2.45, 2.75) is 19.4 Å². The summed E-state index contributed by atoms with van der Waals surface area (Å²) in [6.07, 6.45) is 0.251. The van der Waals surface area contributed by atoms with Crippen LogP contribution in [-0.4, -0.2) is 30.9 Å². The molecule has 2 amide bonds. The first-order valence-electron chi connectivity index (χ1n) is 7.33. The number of fused-ring (bicyclic) bond motifs is 1. The second kappa shape index (κ2) is 9.12. The Balaban J connectivity index is 0.00000264. The minimum atomic E-state index is -0.232. The fourth-order valence-electron chi connectivity index (χ4n) is 2.25. The van der Waals surface area contributed by atoms with Crippen molar-refractivity contribution in [1.29, 1.82) is 0 Å². The Hall–Kier alpha value is -2.11. The summed E-state index contributed by atoms with van der Waals surface area (Å²) < 4.78 is 0. The number of hydrogen-bond donors (Lipinski definition) is 3. The van der Waals surface area contributed by atoms with E-state index in [4.69, 9.17) is 5.73 Å². The van der Waals surface area contributed by atoms with Gasteiger partial charge in [-0.1, -0.05) is 42.5 Å². The summed E-state index contributed by atoms with van der Waals surface area (Å²) in [4.78, 5) is 23.6. The second-order valence-corrected chi connectivity index (χ2v) is 5.30. The monoisotopic (exact) mass is 335 g/mol. The first-order chi connectivity index (χ1) is 10.6. The van der Waals surface area contributed by atoms with Gasteiger partial charge in [-0.25, -0.2) is 0 Å². The van der Waals surface area contributed by atoms with Gasteiger partial charge in [-0.3, -0.25) is 9.59 Å². The molecule has 5 nitrogen and oxygen atoms in total. The predicted molar refractivity (Wildman–Crippen MR) is 94.6 cm³/mol. The molecule has 0 unspecified atom stereocenters. The maximum Gasteiger partial charge on any atom is 0.239 e. The highest BCUT2D eigenvalue weighted by molar-refractivity contribution is 5.91. The lowest BCUT2D eigenvalue weighted by Gasteiger charge is -2.12. The van der Waals surface area contributed by atoms with E-state index in [-0.39, 0.29) is 43.2 Å². The van der Waals surface area contributed by atoms with Crippen molar-refractivity contribution in [2.75, 3.05) is 13.1 Å². The van der Waals surface area contributed by atoms with Crippen LogP contribution in [-0.2, 0) is 16.0 Å². The molecular formula is C17H22ClN3O2. The molecule has 0 spiro atoms. The molecular weight excluding hydrogens is 314 g/mol. The van der Waals surface area contributed by atoms with Gasteiger partial charge in [0.2, 0.25) is 11.8 Å². The van der Waals surface area contributed by atoms with Gasteiger partial charge in [-0.2, -0.15) is 0 Å². The largest absolute Gasteiger partial charge is 0.351 e. The van der Waals surface area contributed by atoms with Crippen molar-refractivity contribution >= 4 is 35.0 Å². The summed E-state index contributed by atoms with van der Waals surface area (Å²) in [5, 5.41) is 7.49. The summed E-state index contributed by atoms with van der Waals surface area (Å²) in [5.74, 6) is -0.406. The maximum absolute atomic E-state index is 12.0. The van der Waals surface area contributed by atoms with E-state index < -0.39 is 0 Å². The van der Waals surface area contributed by atoms with Crippen molar-refractivity contribution in [2.24, 2.45) is 5.73 Å². The normalized spacial score (nSPS) is 11.4. The third-order valence-corrected chi connectivity index (χ3v) is 3.44. The van der Waals surface area contributed by atoms with Crippen LogP contribution >= 0.6 is 12.4 Å². The molecule has 1 atom stereocenters. The standard InChI is InChI=1S/C17H21N3O2.ClH/c1-12(10-18)20-17(22)11-19-16(21)9-14-7-4-6-13-5-2-3-8-15(13)14;/h2-8,12H,9-11,18H2,1H3,(H,19,21)(H,20,22);1H/t12-;/m0./s1. The lowest BCUT2D eigenvalue weighted by atomic mass is 10.0. The summed E-state index contributed by atoms with van der Waals surface area (Å²) in [5.41, 5.74) is 6.38. The average Bonchev–Trinajstić information content (AvgIpc) is 2.53. The quantitative estimate of drug-likeness (QED) is 0.745. The fraction of sp³-hybridized carbons (Fsp3) is 0.294. The van der Waals surface area contributed by atoms with Gasteiger partial charge in [0, 0.05) is 12.6 Å². The van der Waals surface area contributed by atoms with Gasteiger partial charge >= 0.3 is 0 Å². The van der Waals surface area contributed by atoms with Crippen LogP contribution in [0.2, 0.25) is 0 Å². The number of carbonyl (C=O) groups is 2. The first-order valence-corrected chi connectivity index (χ1v) is 7.33. The Morgan fingerprint density at radius 2 is 1.78 bits per heavy atom. The summed E-state index contributed by atoms with van der Waals surface area (Å²) in [6, 6.07) is 13.7. The zero-order chi connectivity index (χ0) is 15.9. The van der Waals surface area contributed by atoms with E-state index in [2.05, 4.69) is 10.6 Å². The topological polar surface area (TPSA) is 84.2 Å². The second-order valence-electron chi connectivity index (χ2n) is 5.30. The van der Waals surface area contributed by atoms with Crippen LogP contribution in [0, 0.1) is 0 Å². The van der Waals surface area contributed by atoms with Gasteiger partial charge in [0.25, 0.3) is 0 Å². The van der Waals surface area contributed by atoms with E-state index in [9.17, 15) is 9.59 Å². The zero-order valence-electron chi connectivity index (χ0n) is 13.0. The van der Waals surface area contributed by atoms with Crippen LogP contribution in [0.5, 0.6) is 0 Å². The van der Waals surface area contributed by atoms with E-state index in [1.54, 1.807) is 0 Å². The Bertz CT molecular complexity index is 670. The molecule has 2 aromatic rings. The molecule has 0 aliphatic rings. The Labute approximate surface area is 142 Å². The molecule has 0 fully saturated rings. The van der Waals surface area contributed by atoms with Crippen molar-refractivity contribution in [3.05, 3.63) is 48.0 Å². The molecule has 0 bridgehead atoms. The number of amides is 2. The van der Waals surface area contributed by atoms with Crippen molar-refractivity contribution in [3.8, 4) is 0 Å². The van der Waals surface area contributed by atoms with Gasteiger partial charge < -0.3 is 16.4 Å². The van der Waals surface area contributed by atoms with E-state index in [0.29, 0.717) is 6.54 Å². The van der Waals surface area contributed by atoms with Crippen molar-refractivity contribution in [3.63, 3.8) is 0 Å². The molecule has 6 heteroatoms. The van der Waals surface area contributed by atoms with Crippen molar-refractivity contribution in [1.82, 2.24) is 10.6 Å². The minimum absolute atomic E-state index is 0. The summed E-state index contributed by atoms with van der Waals surface area (Å²) >= 11 is 0. The number of carbonyl (C=O) groups excluding carboxylic acids is 2. The molecule has 0 aliphatic carbocycles. The Morgan fingerprint density at radius 1 is 1.09 bits per heavy atom. The van der Waals surface area contributed by atoms with Crippen LogP contribution < -0.4 is 16.4 Å². The van der Waals surface area contributed by atoms with E-state index in [1.807, 2.05) is 49.4 Å². The number of rotatable bonds is 6. The molecule has 0 aromatic heterocycles. The molecule has 0 saturated heterocycles. The van der Waals surface area contributed by atoms with E-state index in [1.165, 1.54) is 0 Å². The van der Waals surface area contributed by atoms with Gasteiger partial charge in [-0.15, -0.1) is 12.4 Å². The smallest absolute Gasteiger partial charge is 0.239 e. The SMILES string of the molecule is C[C@@H](CN)NC(=O)CNC(=O)Cc1cccc2ccccc12.Cl. The third-order valence-electron chi connectivity index (χ3n) is 3.44. The molecule has 23 heavy (non-hydrogen) atoms. The lowest BCUT2D eigenvalue weighted by Crippen LogP contribution is -2.43. The molecule has 0 heterocycles. The zero-order valence-corrected chi connectivity index (χ0v) is 13.9. The van der Waals surface area contributed by atoms with Gasteiger partial charge in [0.15, 0.2) is 0 Å². The minimum Gasteiger partial charge on any atom is -0.351 e.